The number of thioether (sulfide) groups is 1. The first-order valence-corrected chi connectivity index (χ1v) is 5.61. The van der Waals surface area contributed by atoms with Gasteiger partial charge in [-0.2, -0.15) is 0 Å². The van der Waals surface area contributed by atoms with Gasteiger partial charge in [0, 0.05) is 16.2 Å². The lowest BCUT2D eigenvalue weighted by molar-refractivity contribution is 0.1000. The normalized spacial score (nSPS) is 10.5. The van der Waals surface area contributed by atoms with Crippen molar-refractivity contribution in [3.8, 4) is 0 Å². The second kappa shape index (κ2) is 5.05. The Bertz CT molecular complexity index is 323. The van der Waals surface area contributed by atoms with E-state index in [0.29, 0.717) is 11.5 Å². The minimum Gasteiger partial charge on any atom is -0.366 e. The van der Waals surface area contributed by atoms with Crippen molar-refractivity contribution in [3.05, 3.63) is 29.8 Å². The Balaban J connectivity index is 2.69. The molecule has 0 heterocycles. The van der Waals surface area contributed by atoms with Crippen LogP contribution in [0.25, 0.3) is 0 Å². The fourth-order valence-corrected chi connectivity index (χ4v) is 1.91. The highest BCUT2D eigenvalue weighted by Gasteiger charge is 2.02. The smallest absolute Gasteiger partial charge is 0.248 e. The van der Waals surface area contributed by atoms with E-state index in [-0.39, 0.29) is 5.91 Å². The van der Waals surface area contributed by atoms with Crippen molar-refractivity contribution >= 4 is 17.7 Å². The quantitative estimate of drug-likeness (QED) is 0.774. The number of primary amides is 1. The molecule has 14 heavy (non-hydrogen) atoms. The summed E-state index contributed by atoms with van der Waals surface area (Å²) in [5, 5.41) is 0. The number of carbonyl (C=O) groups excluding carboxylic acids is 1. The summed E-state index contributed by atoms with van der Waals surface area (Å²) in [4.78, 5) is 12.0. The largest absolute Gasteiger partial charge is 0.366 e. The van der Waals surface area contributed by atoms with Gasteiger partial charge >= 0.3 is 0 Å². The zero-order valence-corrected chi connectivity index (χ0v) is 9.30. The van der Waals surface area contributed by atoms with Gasteiger partial charge in [-0.05, 0) is 24.1 Å². The number of benzene rings is 1. The molecule has 0 aliphatic heterocycles. The molecule has 2 nitrogen and oxygen atoms in total. The number of rotatable bonds is 4. The van der Waals surface area contributed by atoms with Crippen LogP contribution in [0.5, 0.6) is 0 Å². The van der Waals surface area contributed by atoms with Crippen LogP contribution < -0.4 is 5.73 Å². The van der Waals surface area contributed by atoms with Crippen LogP contribution in [-0.4, -0.2) is 11.7 Å². The van der Waals surface area contributed by atoms with Crippen molar-refractivity contribution in [3.63, 3.8) is 0 Å². The third kappa shape index (κ3) is 3.42. The molecule has 3 heteroatoms. The molecule has 0 aliphatic carbocycles. The number of amides is 1. The van der Waals surface area contributed by atoms with Crippen molar-refractivity contribution in [1.29, 1.82) is 0 Å². The highest BCUT2D eigenvalue weighted by atomic mass is 32.2. The summed E-state index contributed by atoms with van der Waals surface area (Å²) < 4.78 is 0. The van der Waals surface area contributed by atoms with E-state index in [1.54, 1.807) is 17.8 Å². The lowest BCUT2D eigenvalue weighted by Crippen LogP contribution is -2.10. The minimum atomic E-state index is -0.364. The van der Waals surface area contributed by atoms with Gasteiger partial charge in [-0.25, -0.2) is 0 Å². The van der Waals surface area contributed by atoms with Gasteiger partial charge in [0.05, 0.1) is 0 Å². The van der Waals surface area contributed by atoms with E-state index in [4.69, 9.17) is 5.73 Å². The van der Waals surface area contributed by atoms with Crippen LogP contribution >= 0.6 is 11.8 Å². The molecule has 0 fully saturated rings. The molecule has 0 spiro atoms. The lowest BCUT2D eigenvalue weighted by atomic mass is 10.2. The highest BCUT2D eigenvalue weighted by Crippen LogP contribution is 2.21. The van der Waals surface area contributed by atoms with Crippen LogP contribution in [0.4, 0.5) is 0 Å². The highest BCUT2D eigenvalue weighted by molar-refractivity contribution is 7.99. The third-order valence-corrected chi connectivity index (χ3v) is 3.12. The molecule has 1 amide bonds. The van der Waals surface area contributed by atoms with Gasteiger partial charge in [-0.1, -0.05) is 19.9 Å². The first kappa shape index (κ1) is 11.1. The fourth-order valence-electron chi connectivity index (χ4n) is 1.00. The number of carbonyl (C=O) groups is 1. The second-order valence-corrected chi connectivity index (χ2v) is 4.69. The summed E-state index contributed by atoms with van der Waals surface area (Å²) in [5.41, 5.74) is 5.77. The molecule has 0 atom stereocenters. The molecule has 2 N–H and O–H groups in total. The average molecular weight is 209 g/mol. The Kier molecular flexibility index (Phi) is 4.01. The van der Waals surface area contributed by atoms with Crippen LogP contribution in [0.1, 0.15) is 24.2 Å². The molecule has 0 bridgehead atoms. The summed E-state index contributed by atoms with van der Waals surface area (Å²) in [6, 6.07) is 7.44. The fraction of sp³-hybridized carbons (Fsp3) is 0.364. The van der Waals surface area contributed by atoms with Crippen molar-refractivity contribution in [2.75, 3.05) is 5.75 Å². The standard InChI is InChI=1S/C11H15NOS/c1-8(2)7-14-10-5-3-4-9(6-10)11(12)13/h3-6,8H,7H2,1-2H3,(H2,12,13). The first-order chi connectivity index (χ1) is 6.59. The summed E-state index contributed by atoms with van der Waals surface area (Å²) in [7, 11) is 0. The summed E-state index contributed by atoms with van der Waals surface area (Å²) in [6.07, 6.45) is 0. The van der Waals surface area contributed by atoms with Crippen LogP contribution in [0.2, 0.25) is 0 Å². The van der Waals surface area contributed by atoms with E-state index in [9.17, 15) is 4.79 Å². The molecule has 0 saturated heterocycles. The van der Waals surface area contributed by atoms with Gasteiger partial charge in [0.25, 0.3) is 0 Å². The number of hydrogen-bond acceptors (Lipinski definition) is 2. The van der Waals surface area contributed by atoms with Crippen molar-refractivity contribution in [1.82, 2.24) is 0 Å². The Morgan fingerprint density at radius 2 is 2.21 bits per heavy atom. The van der Waals surface area contributed by atoms with Crippen LogP contribution in [0.3, 0.4) is 0 Å². The molecular weight excluding hydrogens is 194 g/mol. The molecular formula is C11H15NOS. The van der Waals surface area contributed by atoms with E-state index < -0.39 is 0 Å². The molecule has 0 unspecified atom stereocenters. The van der Waals surface area contributed by atoms with Crippen molar-refractivity contribution in [2.24, 2.45) is 11.7 Å². The maximum atomic E-state index is 10.9. The Hall–Kier alpha value is -0.960. The number of hydrogen-bond donors (Lipinski definition) is 1. The van der Waals surface area contributed by atoms with Gasteiger partial charge < -0.3 is 5.73 Å². The predicted molar refractivity (Wildman–Crippen MR) is 60.5 cm³/mol. The summed E-state index contributed by atoms with van der Waals surface area (Å²) in [6.45, 7) is 4.34. The van der Waals surface area contributed by atoms with Gasteiger partial charge in [0.1, 0.15) is 0 Å². The molecule has 1 aromatic carbocycles. The van der Waals surface area contributed by atoms with Crippen LogP contribution in [0.15, 0.2) is 29.2 Å². The van der Waals surface area contributed by atoms with E-state index in [1.165, 1.54) is 0 Å². The van der Waals surface area contributed by atoms with Gasteiger partial charge in [-0.15, -0.1) is 11.8 Å². The van der Waals surface area contributed by atoms with Crippen molar-refractivity contribution < 1.29 is 4.79 Å². The topological polar surface area (TPSA) is 43.1 Å². The van der Waals surface area contributed by atoms with Gasteiger partial charge in [0.2, 0.25) is 5.91 Å². The predicted octanol–water partition coefficient (Wildman–Crippen LogP) is 2.53. The average Bonchev–Trinajstić information content (AvgIpc) is 2.15. The maximum Gasteiger partial charge on any atom is 0.248 e. The van der Waals surface area contributed by atoms with Crippen LogP contribution in [0, 0.1) is 5.92 Å². The van der Waals surface area contributed by atoms with E-state index in [0.717, 1.165) is 10.6 Å². The lowest BCUT2D eigenvalue weighted by Gasteiger charge is -2.05. The zero-order chi connectivity index (χ0) is 10.6. The molecule has 76 valence electrons. The van der Waals surface area contributed by atoms with Crippen LogP contribution in [-0.2, 0) is 0 Å². The Labute approximate surface area is 88.9 Å². The zero-order valence-electron chi connectivity index (χ0n) is 8.49. The van der Waals surface area contributed by atoms with E-state index >= 15 is 0 Å². The van der Waals surface area contributed by atoms with E-state index in [1.807, 2.05) is 18.2 Å². The van der Waals surface area contributed by atoms with Gasteiger partial charge in [0.15, 0.2) is 0 Å². The monoisotopic (exact) mass is 209 g/mol. The first-order valence-electron chi connectivity index (χ1n) is 4.62. The van der Waals surface area contributed by atoms with Crippen molar-refractivity contribution in [2.45, 2.75) is 18.7 Å². The van der Waals surface area contributed by atoms with E-state index in [2.05, 4.69) is 13.8 Å². The SMILES string of the molecule is CC(C)CSc1cccc(C(N)=O)c1. The maximum absolute atomic E-state index is 10.9. The minimum absolute atomic E-state index is 0.364. The Morgan fingerprint density at radius 3 is 2.79 bits per heavy atom. The summed E-state index contributed by atoms with van der Waals surface area (Å²) in [5.74, 6) is 1.34. The molecule has 1 rings (SSSR count). The third-order valence-electron chi connectivity index (χ3n) is 1.70. The molecule has 0 aromatic heterocycles. The number of nitrogens with two attached hydrogens (primary N) is 1. The Morgan fingerprint density at radius 1 is 1.50 bits per heavy atom. The van der Waals surface area contributed by atoms with Gasteiger partial charge in [-0.3, -0.25) is 4.79 Å². The molecule has 0 aliphatic rings. The molecule has 0 radical (unpaired) electrons. The second-order valence-electron chi connectivity index (χ2n) is 3.60. The molecule has 0 saturated carbocycles. The summed E-state index contributed by atoms with van der Waals surface area (Å²) >= 11 is 1.75. The molecule has 1 aromatic rings.